The maximum atomic E-state index is 12.4. The molecule has 0 saturated carbocycles. The Bertz CT molecular complexity index is 934. The van der Waals surface area contributed by atoms with E-state index >= 15 is 0 Å². The molecule has 2 aromatic carbocycles. The lowest BCUT2D eigenvalue weighted by atomic mass is 10.1. The van der Waals surface area contributed by atoms with Gasteiger partial charge in [0.1, 0.15) is 9.79 Å². The zero-order valence-electron chi connectivity index (χ0n) is 13.9. The Kier molecular flexibility index (Phi) is 6.70. The molecule has 0 radical (unpaired) electrons. The van der Waals surface area contributed by atoms with Gasteiger partial charge < -0.3 is 0 Å². The first-order valence-electron chi connectivity index (χ1n) is 7.50. The topological polar surface area (TPSA) is 86.7 Å². The molecule has 0 heterocycles. The van der Waals surface area contributed by atoms with Crippen LogP contribution in [0.15, 0.2) is 46.2 Å². The average molecular weight is 439 g/mol. The van der Waals surface area contributed by atoms with Crippen molar-refractivity contribution in [3.63, 3.8) is 0 Å². The molecule has 0 bridgehead atoms. The molecule has 0 unspecified atom stereocenters. The number of halogens is 2. The summed E-state index contributed by atoms with van der Waals surface area (Å²) in [7, 11) is -8.30. The minimum Gasteiger partial charge on any atom is -0.267 e. The minimum absolute atomic E-state index is 0.0843. The molecule has 0 N–H and O–H groups in total. The quantitative estimate of drug-likeness (QED) is 0.604. The molecule has 26 heavy (non-hydrogen) atoms. The lowest BCUT2D eigenvalue weighted by Crippen LogP contribution is -2.11. The van der Waals surface area contributed by atoms with Crippen LogP contribution in [0.5, 0.6) is 0 Å². The van der Waals surface area contributed by atoms with Crippen molar-refractivity contribution >= 4 is 43.4 Å². The van der Waals surface area contributed by atoms with Gasteiger partial charge in [0.25, 0.3) is 20.2 Å². The van der Waals surface area contributed by atoms with Crippen LogP contribution in [-0.2, 0) is 28.6 Å². The van der Waals surface area contributed by atoms with Crippen molar-refractivity contribution in [3.05, 3.63) is 46.4 Å². The van der Waals surface area contributed by atoms with Crippen molar-refractivity contribution in [2.24, 2.45) is 0 Å². The maximum Gasteiger partial charge on any atom is 0.297 e. The first-order valence-corrected chi connectivity index (χ1v) is 11.1. The van der Waals surface area contributed by atoms with Crippen LogP contribution in [0.3, 0.4) is 0 Å². The van der Waals surface area contributed by atoms with Crippen LogP contribution in [0.2, 0.25) is 10.0 Å². The van der Waals surface area contributed by atoms with Gasteiger partial charge in [0.05, 0.1) is 13.2 Å². The zero-order chi connectivity index (χ0) is 19.5. The second kappa shape index (κ2) is 8.24. The van der Waals surface area contributed by atoms with Crippen molar-refractivity contribution in [1.29, 1.82) is 0 Å². The van der Waals surface area contributed by atoms with Crippen molar-refractivity contribution in [1.82, 2.24) is 0 Å². The second-order valence-corrected chi connectivity index (χ2v) is 9.04. The van der Waals surface area contributed by atoms with Crippen LogP contribution in [0.25, 0.3) is 11.1 Å². The molecule has 0 atom stereocenters. The number of hydrogen-bond acceptors (Lipinski definition) is 6. The third-order valence-electron chi connectivity index (χ3n) is 3.26. The van der Waals surface area contributed by atoms with E-state index < -0.39 is 20.2 Å². The Hall–Kier alpha value is -1.16. The van der Waals surface area contributed by atoms with Crippen molar-refractivity contribution in [3.8, 4) is 11.1 Å². The normalized spacial score (nSPS) is 12.3. The first-order chi connectivity index (χ1) is 12.1. The molecule has 0 aromatic heterocycles. The lowest BCUT2D eigenvalue weighted by Gasteiger charge is -2.15. The zero-order valence-corrected chi connectivity index (χ0v) is 17.0. The second-order valence-electron chi connectivity index (χ2n) is 5.00. The van der Waals surface area contributed by atoms with E-state index in [9.17, 15) is 16.8 Å². The third-order valence-corrected chi connectivity index (χ3v) is 6.58. The summed E-state index contributed by atoms with van der Waals surface area (Å²) >= 11 is 11.9. The third kappa shape index (κ3) is 4.57. The average Bonchev–Trinajstić information content (AvgIpc) is 2.55. The lowest BCUT2D eigenvalue weighted by molar-refractivity contribution is 0.336. The standard InChI is InChI=1S/C16H16Cl2O6S2/c1-3-23-25(19,20)15-9-11(17)5-7-13(15)14-8-6-12(18)10-16(14)26(21,22)24-4-2/h5-10H,3-4H2,1-2H3. The van der Waals surface area contributed by atoms with Gasteiger partial charge in [-0.15, -0.1) is 0 Å². The van der Waals surface area contributed by atoms with Crippen molar-refractivity contribution in [2.75, 3.05) is 13.2 Å². The van der Waals surface area contributed by atoms with E-state index in [0.717, 1.165) is 0 Å². The van der Waals surface area contributed by atoms with Crippen LogP contribution < -0.4 is 0 Å². The molecule has 2 aromatic rings. The van der Waals surface area contributed by atoms with Gasteiger partial charge in [-0.1, -0.05) is 35.3 Å². The van der Waals surface area contributed by atoms with Crippen LogP contribution in [0.1, 0.15) is 13.8 Å². The summed E-state index contributed by atoms with van der Waals surface area (Å²) in [6, 6.07) is 8.12. The fourth-order valence-corrected chi connectivity index (χ4v) is 5.07. The van der Waals surface area contributed by atoms with Crippen LogP contribution >= 0.6 is 23.2 Å². The highest BCUT2D eigenvalue weighted by Crippen LogP contribution is 2.36. The highest BCUT2D eigenvalue weighted by atomic mass is 35.5. The summed E-state index contributed by atoms with van der Waals surface area (Å²) in [6.45, 7) is 2.88. The van der Waals surface area contributed by atoms with E-state index in [2.05, 4.69) is 0 Å². The SMILES string of the molecule is CCOS(=O)(=O)c1cc(Cl)ccc1-c1ccc(Cl)cc1S(=O)(=O)OCC. The van der Waals surface area contributed by atoms with Gasteiger partial charge in [-0.05, 0) is 38.1 Å². The molecule has 2 rings (SSSR count). The smallest absolute Gasteiger partial charge is 0.267 e. The van der Waals surface area contributed by atoms with E-state index in [4.69, 9.17) is 31.6 Å². The minimum atomic E-state index is -4.15. The van der Waals surface area contributed by atoms with Gasteiger partial charge >= 0.3 is 0 Å². The molecule has 0 amide bonds. The number of rotatable bonds is 7. The van der Waals surface area contributed by atoms with E-state index in [-0.39, 0.29) is 44.2 Å². The van der Waals surface area contributed by atoms with Gasteiger partial charge in [0.2, 0.25) is 0 Å². The Morgan fingerprint density at radius 3 is 1.38 bits per heavy atom. The molecule has 0 spiro atoms. The van der Waals surface area contributed by atoms with Crippen molar-refractivity contribution < 1.29 is 25.2 Å². The molecule has 0 aliphatic heterocycles. The predicted molar refractivity (Wildman–Crippen MR) is 99.5 cm³/mol. The van der Waals surface area contributed by atoms with E-state index in [0.29, 0.717) is 0 Å². The summed E-state index contributed by atoms with van der Waals surface area (Å²) < 4.78 is 59.5. The fraction of sp³-hybridized carbons (Fsp3) is 0.250. The number of benzene rings is 2. The summed E-state index contributed by atoms with van der Waals surface area (Å²) in [6.07, 6.45) is 0. The monoisotopic (exact) mass is 438 g/mol. The van der Waals surface area contributed by atoms with Gasteiger partial charge in [0.15, 0.2) is 0 Å². The molecule has 10 heteroatoms. The molecule has 142 valence electrons. The van der Waals surface area contributed by atoms with Gasteiger partial charge in [-0.2, -0.15) is 16.8 Å². The van der Waals surface area contributed by atoms with E-state index in [1.807, 2.05) is 0 Å². The first kappa shape index (κ1) is 21.1. The highest BCUT2D eigenvalue weighted by molar-refractivity contribution is 7.87. The Morgan fingerprint density at radius 2 is 1.08 bits per heavy atom. The van der Waals surface area contributed by atoms with Gasteiger partial charge in [0, 0.05) is 21.2 Å². The summed E-state index contributed by atoms with van der Waals surface area (Å²) in [5.41, 5.74) is 0.218. The molecule has 0 fully saturated rings. The molecular formula is C16H16Cl2O6S2. The maximum absolute atomic E-state index is 12.4. The van der Waals surface area contributed by atoms with Crippen molar-refractivity contribution in [2.45, 2.75) is 23.6 Å². The Labute approximate surface area is 162 Å². The van der Waals surface area contributed by atoms with Crippen LogP contribution in [0.4, 0.5) is 0 Å². The molecular weight excluding hydrogens is 423 g/mol. The van der Waals surface area contributed by atoms with Gasteiger partial charge in [-0.25, -0.2) is 0 Å². The molecule has 0 aliphatic rings. The molecule has 0 saturated heterocycles. The summed E-state index contributed by atoms with van der Waals surface area (Å²) in [5.74, 6) is 0. The summed E-state index contributed by atoms with van der Waals surface area (Å²) in [4.78, 5) is -0.496. The Morgan fingerprint density at radius 1 is 0.731 bits per heavy atom. The predicted octanol–water partition coefficient (Wildman–Crippen LogP) is 4.11. The Balaban J connectivity index is 2.83. The largest absolute Gasteiger partial charge is 0.297 e. The van der Waals surface area contributed by atoms with E-state index in [1.165, 1.54) is 50.2 Å². The molecule has 6 nitrogen and oxygen atoms in total. The number of hydrogen-bond donors (Lipinski definition) is 0. The molecule has 0 aliphatic carbocycles. The van der Waals surface area contributed by atoms with Crippen LogP contribution in [-0.4, -0.2) is 30.0 Å². The fourth-order valence-electron chi connectivity index (χ4n) is 2.29. The van der Waals surface area contributed by atoms with E-state index in [1.54, 1.807) is 0 Å². The summed E-state index contributed by atoms with van der Waals surface area (Å²) in [5, 5.41) is 0.324. The highest BCUT2D eigenvalue weighted by Gasteiger charge is 2.26. The van der Waals surface area contributed by atoms with Gasteiger partial charge in [-0.3, -0.25) is 8.37 Å². The van der Waals surface area contributed by atoms with Crippen LogP contribution in [0, 0.1) is 0 Å².